The molecule has 4 aromatic rings. The Morgan fingerprint density at radius 2 is 1.37 bits per heavy atom. The van der Waals surface area contributed by atoms with Crippen molar-refractivity contribution in [3.8, 4) is 5.75 Å². The topological polar surface area (TPSA) is 501 Å². The van der Waals surface area contributed by atoms with E-state index in [2.05, 4.69) is 67.8 Å². The highest BCUT2D eigenvalue weighted by atomic mass is 32.2. The number of phenols is 1. The molecule has 2 aromatic carbocycles. The third kappa shape index (κ3) is 20.8. The second-order valence-electron chi connectivity index (χ2n) is 24.2. The van der Waals surface area contributed by atoms with Gasteiger partial charge in [-0.2, -0.15) is 0 Å². The second kappa shape index (κ2) is 35.0. The molecule has 3 fully saturated rings. The van der Waals surface area contributed by atoms with Gasteiger partial charge in [0.25, 0.3) is 0 Å². The maximum absolute atomic E-state index is 15.0. The Kier molecular flexibility index (Phi) is 27.1. The summed E-state index contributed by atoms with van der Waals surface area (Å²) in [4.78, 5) is 157. The van der Waals surface area contributed by atoms with Gasteiger partial charge in [0.15, 0.2) is 5.96 Å². The number of imidazole rings is 1. The fourth-order valence-electron chi connectivity index (χ4n) is 11.3. The number of aliphatic imine (C=N–C) groups is 1. The van der Waals surface area contributed by atoms with Gasteiger partial charge in [-0.1, -0.05) is 44.2 Å². The first kappa shape index (κ1) is 73.5. The third-order valence-electron chi connectivity index (χ3n) is 16.4. The Bertz CT molecular complexity index is 3330. The van der Waals surface area contributed by atoms with Crippen LogP contribution in [0.25, 0.3) is 10.9 Å². The number of nitrogens with two attached hydrogens (primary N) is 2. The highest BCUT2D eigenvalue weighted by molar-refractivity contribution is 7.99. The summed E-state index contributed by atoms with van der Waals surface area (Å²) in [6.45, 7) is 6.26. The number of rotatable bonds is 33. The number of H-pyrrole nitrogens is 2. The number of fused-ring (bicyclic) bond motifs is 1. The lowest BCUT2D eigenvalue weighted by atomic mass is 10.0. The molecule has 33 heteroatoms. The van der Waals surface area contributed by atoms with E-state index in [9.17, 15) is 68.7 Å². The summed E-state index contributed by atoms with van der Waals surface area (Å²) in [5, 5.41) is 77.9. The molecule has 20 N–H and O–H groups in total. The number of aromatic nitrogens is 3. The molecule has 518 valence electrons. The molecule has 0 spiro atoms. The van der Waals surface area contributed by atoms with Crippen LogP contribution in [0.4, 0.5) is 0 Å². The fraction of sp³-hybridized carbons (Fsp3) is 0.548. The van der Waals surface area contributed by atoms with Crippen molar-refractivity contribution in [2.45, 2.75) is 176 Å². The van der Waals surface area contributed by atoms with Gasteiger partial charge in [0, 0.05) is 80.1 Å². The van der Waals surface area contributed by atoms with E-state index in [0.717, 1.165) is 11.8 Å². The minimum atomic E-state index is -1.85. The van der Waals surface area contributed by atoms with Gasteiger partial charge in [-0.15, -0.1) is 11.8 Å². The highest BCUT2D eigenvalue weighted by Gasteiger charge is 2.44. The monoisotopic (exact) mass is 1340 g/mol. The predicted octanol–water partition coefficient (Wildman–Crippen LogP) is -3.92. The number of aromatic hydroxyl groups is 1. The Hall–Kier alpha value is -8.89. The standard InChI is InChI=1S/C62H88N16O16S/c1-5-66-59(92)47-13-9-21-78(47)60(93)40(12-8-20-67-62(63)64)71-53(86)41(22-31(2)3)72-58(91)46(29-95-61-51(84)50(83)49(82)32(4)94-61)77-54(87)42(23-33-14-16-36(80)17-15-33)73-57(90)45(28-79)76-55(88)43(24-34-26-68-38-11-7-6-10-37(34)38)74-56(89)44(25-35-27-65-30-69-35)75-52(85)39-18-19-48(81)70-39/h6-7,10-11,14-17,26-27,30-32,39-47,49-51,61,68,79-80,82-84H,5,8-9,12-13,18-25,28-29H2,1-4H3,(H,65,69)(H,66,92)(H,70,81)(H,71,86)(H,72,91)(H,73,90)(H,74,89)(H,75,85)(H,76,88)(H,77,87)(H4,63,64,67)/t32-,39-,40-,41-,42-,43-,44-,45-,46+,47-,49-,50+,51+,61-/m0/s1. The van der Waals surface area contributed by atoms with E-state index in [-0.39, 0.29) is 93.9 Å². The van der Waals surface area contributed by atoms with Gasteiger partial charge in [0.1, 0.15) is 83.9 Å². The van der Waals surface area contributed by atoms with E-state index in [1.807, 2.05) is 0 Å². The van der Waals surface area contributed by atoms with E-state index in [1.165, 1.54) is 48.6 Å². The zero-order valence-corrected chi connectivity index (χ0v) is 54.1. The van der Waals surface area contributed by atoms with Crippen molar-refractivity contribution in [3.63, 3.8) is 0 Å². The average Bonchev–Trinajstić information content (AvgIpc) is 1.83. The van der Waals surface area contributed by atoms with Gasteiger partial charge in [-0.05, 0) is 87.6 Å². The van der Waals surface area contributed by atoms with E-state index in [1.54, 1.807) is 51.2 Å². The fourth-order valence-corrected chi connectivity index (χ4v) is 12.6. The van der Waals surface area contributed by atoms with Gasteiger partial charge >= 0.3 is 0 Å². The van der Waals surface area contributed by atoms with Crippen LogP contribution < -0.4 is 59.3 Å². The van der Waals surface area contributed by atoms with E-state index in [0.29, 0.717) is 47.1 Å². The average molecular weight is 1350 g/mol. The lowest BCUT2D eigenvalue weighted by Crippen LogP contribution is -2.62. The van der Waals surface area contributed by atoms with Crippen LogP contribution in [0.2, 0.25) is 0 Å². The van der Waals surface area contributed by atoms with Gasteiger partial charge in [-0.3, -0.25) is 52.9 Å². The molecule has 32 nitrogen and oxygen atoms in total. The summed E-state index contributed by atoms with van der Waals surface area (Å²) >= 11 is 0.758. The minimum Gasteiger partial charge on any atom is -0.508 e. The molecule has 95 heavy (non-hydrogen) atoms. The number of phenolic OH excluding ortho intramolecular Hbond substituents is 1. The first-order valence-electron chi connectivity index (χ1n) is 31.6. The van der Waals surface area contributed by atoms with Crippen LogP contribution in [-0.4, -0.2) is 227 Å². The maximum atomic E-state index is 15.0. The number of aromatic amines is 2. The Morgan fingerprint density at radius 1 is 0.747 bits per heavy atom. The van der Waals surface area contributed by atoms with Crippen molar-refractivity contribution in [3.05, 3.63) is 84.1 Å². The molecule has 0 aliphatic carbocycles. The van der Waals surface area contributed by atoms with Crippen molar-refractivity contribution < 1.29 is 78.2 Å². The molecule has 7 rings (SSSR count). The van der Waals surface area contributed by atoms with Crippen molar-refractivity contribution in [2.24, 2.45) is 22.4 Å². The molecule has 0 bridgehead atoms. The van der Waals surface area contributed by atoms with E-state index in [4.69, 9.17) is 16.2 Å². The van der Waals surface area contributed by atoms with Crippen molar-refractivity contribution >= 4 is 87.7 Å². The number of ether oxygens (including phenoxy) is 1. The molecule has 3 saturated heterocycles. The van der Waals surface area contributed by atoms with E-state index < -0.39 is 144 Å². The van der Waals surface area contributed by atoms with Crippen LogP contribution in [0.15, 0.2) is 72.2 Å². The van der Waals surface area contributed by atoms with Crippen LogP contribution in [0.5, 0.6) is 5.75 Å². The number of aliphatic hydroxyl groups is 4. The third-order valence-corrected chi connectivity index (χ3v) is 17.7. The van der Waals surface area contributed by atoms with Crippen LogP contribution in [0.3, 0.4) is 0 Å². The number of aliphatic hydroxyl groups excluding tert-OH is 4. The molecule has 10 amide bonds. The summed E-state index contributed by atoms with van der Waals surface area (Å²) in [6.07, 6.45) is -0.881. The Balaban J connectivity index is 1.16. The van der Waals surface area contributed by atoms with Crippen molar-refractivity contribution in [2.75, 3.05) is 32.0 Å². The van der Waals surface area contributed by atoms with Gasteiger partial charge in [0.2, 0.25) is 59.1 Å². The van der Waals surface area contributed by atoms with E-state index >= 15 is 4.79 Å². The number of amides is 10. The zero-order valence-electron chi connectivity index (χ0n) is 53.2. The molecule has 5 heterocycles. The van der Waals surface area contributed by atoms with Crippen molar-refractivity contribution in [1.82, 2.24) is 67.7 Å². The number of thioether (sulfide) groups is 1. The number of guanidine groups is 1. The van der Waals surface area contributed by atoms with Gasteiger partial charge in [-0.25, -0.2) is 4.98 Å². The number of carbonyl (C=O) groups is 10. The molecule has 3 aliphatic rings. The lowest BCUT2D eigenvalue weighted by Gasteiger charge is -2.39. The Labute approximate surface area is 551 Å². The summed E-state index contributed by atoms with van der Waals surface area (Å²) in [5.74, 6) is -8.90. The number of nitrogens with zero attached hydrogens (tertiary/aromatic N) is 3. The highest BCUT2D eigenvalue weighted by Crippen LogP contribution is 2.29. The molecule has 2 aromatic heterocycles. The first-order chi connectivity index (χ1) is 45.3. The predicted molar refractivity (Wildman–Crippen MR) is 345 cm³/mol. The molecular formula is C62H88N16O16S. The van der Waals surface area contributed by atoms with Crippen LogP contribution in [-0.2, 0) is 71.9 Å². The largest absolute Gasteiger partial charge is 0.508 e. The molecule has 0 radical (unpaired) electrons. The first-order valence-corrected chi connectivity index (χ1v) is 32.7. The second-order valence-corrected chi connectivity index (χ2v) is 25.3. The lowest BCUT2D eigenvalue weighted by molar-refractivity contribution is -0.192. The number of nitrogens with one attached hydrogen (secondary N) is 11. The van der Waals surface area contributed by atoms with Crippen LogP contribution >= 0.6 is 11.8 Å². The van der Waals surface area contributed by atoms with Crippen LogP contribution in [0.1, 0.15) is 89.5 Å². The quantitative estimate of drug-likeness (QED) is 0.0123. The Morgan fingerprint density at radius 3 is 2.01 bits per heavy atom. The number of para-hydroxylation sites is 1. The smallest absolute Gasteiger partial charge is 0.245 e. The van der Waals surface area contributed by atoms with Crippen molar-refractivity contribution in [1.29, 1.82) is 0 Å². The molecule has 14 atom stereocenters. The molecule has 3 aliphatic heterocycles. The minimum absolute atomic E-state index is 0.0101. The molecule has 0 unspecified atom stereocenters. The number of benzene rings is 2. The number of hydrogen-bond acceptors (Lipinski definition) is 19. The summed E-state index contributed by atoms with van der Waals surface area (Å²) in [6, 6.07) is 0.126. The molecular weight excluding hydrogens is 1260 g/mol. The number of likely N-dealkylation sites (N-methyl/N-ethyl adjacent to an activating group) is 1. The molecule has 0 saturated carbocycles. The van der Waals surface area contributed by atoms with Gasteiger partial charge in [0.05, 0.1) is 19.0 Å². The summed E-state index contributed by atoms with van der Waals surface area (Å²) in [5.41, 5.74) is 11.8. The number of carbonyl (C=O) groups excluding carboxylic acids is 10. The number of hydrogen-bond donors (Lipinski definition) is 18. The van der Waals surface area contributed by atoms with Gasteiger partial charge < -0.3 is 104 Å². The summed E-state index contributed by atoms with van der Waals surface area (Å²) < 4.78 is 5.82. The summed E-state index contributed by atoms with van der Waals surface area (Å²) in [7, 11) is 0. The maximum Gasteiger partial charge on any atom is 0.245 e. The zero-order chi connectivity index (χ0) is 69.0. The normalized spacial score (nSPS) is 21.5. The SMILES string of the molecule is CCNC(=O)[C@@H]1CCCN1C(=O)[C@H](CCCN=C(N)N)NC(=O)[C@H](CC(C)C)NC(=O)[C@@H](CS[C@@H]1O[C@@H](C)[C@H](O)[C@@H](O)[C@H]1O)NC(=O)[C@H](Cc1ccc(O)cc1)NC(=O)[C@H](CO)NC(=O)[C@H](Cc1c[nH]c2ccccc12)NC(=O)[C@H](Cc1cnc[nH]1)NC(=O)[C@@H]1CCC(=O)N1. The van der Waals surface area contributed by atoms with Crippen LogP contribution in [0, 0.1) is 5.92 Å². The number of likely N-dealkylation sites (tertiary alicyclic amines) is 1.